The van der Waals surface area contributed by atoms with Gasteiger partial charge >= 0.3 is 17.1 Å². The van der Waals surface area contributed by atoms with E-state index in [-0.39, 0.29) is 11.9 Å². The van der Waals surface area contributed by atoms with E-state index in [2.05, 4.69) is 56.4 Å². The second kappa shape index (κ2) is 22.7. The van der Waals surface area contributed by atoms with Gasteiger partial charge in [0.2, 0.25) is 0 Å². The Bertz CT molecular complexity index is 1870. The molecule has 0 radical (unpaired) electrons. The van der Waals surface area contributed by atoms with E-state index in [0.717, 1.165) is 50.0 Å². The van der Waals surface area contributed by atoms with Crippen LogP contribution >= 0.6 is 11.3 Å². The van der Waals surface area contributed by atoms with E-state index in [1.165, 1.54) is 0 Å². The second-order valence-electron chi connectivity index (χ2n) is 12.3. The first-order valence-electron chi connectivity index (χ1n) is 15.8. The molecule has 1 aromatic heterocycles. The number of aromatic nitrogens is 1. The molecule has 0 unspecified atom stereocenters. The van der Waals surface area contributed by atoms with Gasteiger partial charge < -0.3 is 32.7 Å². The number of nitrogens with zero attached hydrogens (tertiary/aromatic N) is 5. The fourth-order valence-corrected chi connectivity index (χ4v) is 4.54. The number of thiazole rings is 1. The molecule has 1 heterocycles. The molecular formula is C34H51N5O11S3. The van der Waals surface area contributed by atoms with Crippen molar-refractivity contribution < 1.29 is 58.8 Å². The van der Waals surface area contributed by atoms with Crippen molar-refractivity contribution in [1.29, 1.82) is 0 Å². The smallest absolute Gasteiger partial charge is 0.409 e. The fraction of sp³-hybridized carbons (Fsp3) is 0.441. The number of fused-ring (bicyclic) bond motifs is 1. The molecule has 19 heteroatoms. The summed E-state index contributed by atoms with van der Waals surface area (Å²) in [6, 6.07) is 13.8. The number of hydrogen-bond donors (Lipinski definition) is 0. The first kappa shape index (κ1) is 48.7. The average Bonchev–Trinajstić information content (AvgIpc) is 3.34. The zero-order valence-corrected chi connectivity index (χ0v) is 34.4. The van der Waals surface area contributed by atoms with Crippen LogP contribution < -0.4 is 14.2 Å². The summed E-state index contributed by atoms with van der Waals surface area (Å²) in [6.07, 6.45) is 1.21. The largest absolute Gasteiger partial charge is 0.748 e. The summed E-state index contributed by atoms with van der Waals surface area (Å²) >= 11 is 1.56. The molecule has 16 nitrogen and oxygen atoms in total. The molecule has 0 saturated carbocycles. The summed E-state index contributed by atoms with van der Waals surface area (Å²) < 4.78 is 73.8. The van der Waals surface area contributed by atoms with Gasteiger partial charge in [0.25, 0.3) is 0 Å². The summed E-state index contributed by atoms with van der Waals surface area (Å²) in [5.41, 5.74) is 3.75. The van der Waals surface area contributed by atoms with Gasteiger partial charge in [-0.25, -0.2) is 31.0 Å². The van der Waals surface area contributed by atoms with Crippen molar-refractivity contribution in [3.05, 3.63) is 66.8 Å². The van der Waals surface area contributed by atoms with Crippen molar-refractivity contribution in [3.8, 4) is 5.75 Å². The van der Waals surface area contributed by atoms with E-state index in [4.69, 9.17) is 40.2 Å². The van der Waals surface area contributed by atoms with Gasteiger partial charge in [0.05, 0.1) is 71.9 Å². The van der Waals surface area contributed by atoms with Crippen molar-refractivity contribution in [2.45, 2.75) is 20.8 Å². The van der Waals surface area contributed by atoms with Gasteiger partial charge in [-0.2, -0.15) is 0 Å². The van der Waals surface area contributed by atoms with Crippen LogP contribution in [0, 0.1) is 0 Å². The number of ether oxygens (including phenoxy) is 3. The van der Waals surface area contributed by atoms with Gasteiger partial charge in [-0.3, -0.25) is 0 Å². The van der Waals surface area contributed by atoms with Crippen LogP contribution in [0.25, 0.3) is 10.2 Å². The van der Waals surface area contributed by atoms with Crippen LogP contribution in [0.15, 0.2) is 77.0 Å². The number of likely N-dealkylation sites (N-methyl/N-ethyl adjacent to an activating group) is 2. The molecule has 0 saturated heterocycles. The molecule has 0 amide bonds. The van der Waals surface area contributed by atoms with E-state index in [9.17, 15) is 9.59 Å². The highest BCUT2D eigenvalue weighted by atomic mass is 32.2. The summed E-state index contributed by atoms with van der Waals surface area (Å²) in [6.45, 7) is 15.4. The Morgan fingerprint density at radius 1 is 0.887 bits per heavy atom. The van der Waals surface area contributed by atoms with Gasteiger partial charge in [-0.15, -0.1) is 0 Å². The maximum absolute atomic E-state index is 11.5. The van der Waals surface area contributed by atoms with Crippen LogP contribution in [-0.4, -0.2) is 116 Å². The predicted octanol–water partition coefficient (Wildman–Crippen LogP) is 4.23. The number of hydrogen-bond acceptors (Lipinski definition) is 15. The minimum Gasteiger partial charge on any atom is -0.748 e. The molecule has 2 aromatic carbocycles. The highest BCUT2D eigenvalue weighted by Gasteiger charge is 2.17. The van der Waals surface area contributed by atoms with Gasteiger partial charge in [0.1, 0.15) is 36.7 Å². The highest BCUT2D eigenvalue weighted by Crippen LogP contribution is 2.30. The molecular weight excluding hydrogens is 751 g/mol. The molecule has 0 N–H and O–H groups in total. The number of methoxy groups -OCH3 is 1. The number of aryl methyl sites for hydroxylation is 1. The molecule has 0 spiro atoms. The maximum Gasteiger partial charge on any atom is 0.409 e. The standard InChI is InChI=1S/C23H27N4O3S.C9H18NO2.2CH4O3S/c1-6-27(13-14-30-22(28)16(2)3)18-9-7-17(8-10-18)24-25-23-26(4)20-12-11-19(29-5)15-21(20)31-23;1-8(2)9(11)12-7-6-10(3,4)5;2*1-5(2,3)4/h7-12,15H,2,6,13-14H2,1,3-5H3;1,6-7H2,2-5H3;2*1H3,(H,2,3,4)/q2*+1;;/p-2. The third-order valence-electron chi connectivity index (χ3n) is 6.15. The van der Waals surface area contributed by atoms with Crippen molar-refractivity contribution in [2.75, 3.05) is 78.5 Å². The van der Waals surface area contributed by atoms with Gasteiger partial charge in [0.15, 0.2) is 0 Å². The summed E-state index contributed by atoms with van der Waals surface area (Å²) in [7, 11) is 1.95. The van der Waals surface area contributed by atoms with E-state index in [1.807, 2.05) is 54.1 Å². The molecule has 0 fully saturated rings. The molecule has 3 rings (SSSR count). The van der Waals surface area contributed by atoms with Gasteiger partial charge in [-0.1, -0.05) is 13.2 Å². The number of rotatable bonds is 13. The number of anilines is 1. The molecule has 0 bridgehead atoms. The molecule has 0 aliphatic heterocycles. The van der Waals surface area contributed by atoms with Crippen LogP contribution in [-0.2, 0) is 46.3 Å². The lowest BCUT2D eigenvalue weighted by atomic mass is 10.2. The maximum atomic E-state index is 11.5. The average molecular weight is 802 g/mol. The van der Waals surface area contributed by atoms with Crippen LogP contribution in [0.1, 0.15) is 20.8 Å². The topological polar surface area (TPSA) is 208 Å². The lowest BCUT2D eigenvalue weighted by Gasteiger charge is -2.23. The minimum absolute atomic E-state index is 0.302. The third-order valence-corrected chi connectivity index (χ3v) is 7.24. The van der Waals surface area contributed by atoms with Crippen LogP contribution in [0.2, 0.25) is 0 Å². The lowest BCUT2D eigenvalue weighted by Crippen LogP contribution is -2.38. The van der Waals surface area contributed by atoms with Crippen molar-refractivity contribution >= 4 is 70.2 Å². The van der Waals surface area contributed by atoms with E-state index >= 15 is 0 Å². The van der Waals surface area contributed by atoms with E-state index in [0.29, 0.717) is 43.4 Å². The zero-order valence-electron chi connectivity index (χ0n) is 31.9. The monoisotopic (exact) mass is 801 g/mol. The van der Waals surface area contributed by atoms with Crippen LogP contribution in [0.4, 0.5) is 16.5 Å². The summed E-state index contributed by atoms with van der Waals surface area (Å²) in [5.74, 6) is 0.159. The molecule has 3 aromatic rings. The van der Waals surface area contributed by atoms with Crippen molar-refractivity contribution in [2.24, 2.45) is 17.3 Å². The second-order valence-corrected chi connectivity index (χ2v) is 16.2. The Kier molecular flexibility index (Phi) is 20.9. The SMILES string of the molecule is C=C(C)C(=O)OCCN(CC)c1ccc(N=Nc2sc3cc(OC)ccc3[n+]2C)cc1.C=C(C)C(=O)OCC[N+](C)(C)C.CS(=O)(=O)[O-].CS(=O)(=O)[O-]. The molecule has 53 heavy (non-hydrogen) atoms. The van der Waals surface area contributed by atoms with Crippen molar-refractivity contribution in [1.82, 2.24) is 0 Å². The first-order chi connectivity index (χ1) is 24.2. The fourth-order valence-electron chi connectivity index (χ4n) is 3.55. The minimum atomic E-state index is -3.92. The number of azo groups is 1. The Hall–Kier alpha value is -4.27. The summed E-state index contributed by atoms with van der Waals surface area (Å²) in [4.78, 5) is 24.6. The lowest BCUT2D eigenvalue weighted by molar-refractivity contribution is -0.870. The Labute approximate surface area is 317 Å². The van der Waals surface area contributed by atoms with Crippen LogP contribution in [0.3, 0.4) is 0 Å². The van der Waals surface area contributed by atoms with E-state index < -0.39 is 20.2 Å². The Morgan fingerprint density at radius 2 is 1.38 bits per heavy atom. The van der Waals surface area contributed by atoms with Crippen LogP contribution in [0.5, 0.6) is 5.75 Å². The number of esters is 2. The molecule has 296 valence electrons. The van der Waals surface area contributed by atoms with Crippen molar-refractivity contribution in [3.63, 3.8) is 0 Å². The number of quaternary nitrogens is 1. The Morgan fingerprint density at radius 3 is 1.81 bits per heavy atom. The first-order valence-corrected chi connectivity index (χ1v) is 20.2. The molecule has 0 aliphatic rings. The number of carbonyl (C=O) groups excluding carboxylic acids is 2. The predicted molar refractivity (Wildman–Crippen MR) is 204 cm³/mol. The van der Waals surface area contributed by atoms with Gasteiger partial charge in [0, 0.05) is 42.0 Å². The summed E-state index contributed by atoms with van der Waals surface area (Å²) in [5, 5.41) is 9.63. The molecule has 0 atom stereocenters. The van der Waals surface area contributed by atoms with E-state index in [1.54, 1.807) is 32.3 Å². The highest BCUT2D eigenvalue weighted by molar-refractivity contribution is 7.85. The zero-order chi connectivity index (χ0) is 41.2. The third kappa shape index (κ3) is 23.8. The number of benzene rings is 2. The molecule has 0 aliphatic carbocycles. The Balaban J connectivity index is 0.00000101. The number of carbonyl (C=O) groups is 2. The van der Waals surface area contributed by atoms with Gasteiger partial charge in [-0.05, 0) is 73.6 Å². The quantitative estimate of drug-likeness (QED) is 0.0594. The normalized spacial score (nSPS) is 11.2.